The van der Waals surface area contributed by atoms with E-state index in [1.54, 1.807) is 6.20 Å². The molecule has 0 spiro atoms. The van der Waals surface area contributed by atoms with Gasteiger partial charge in [0.25, 0.3) is 0 Å². The summed E-state index contributed by atoms with van der Waals surface area (Å²) in [5.41, 5.74) is 11.5. The van der Waals surface area contributed by atoms with Gasteiger partial charge in [-0.25, -0.2) is 4.98 Å². The zero-order chi connectivity index (χ0) is 14.8. The highest BCUT2D eigenvalue weighted by molar-refractivity contribution is 5.82. The van der Waals surface area contributed by atoms with Crippen molar-refractivity contribution < 1.29 is 0 Å². The maximum Gasteiger partial charge on any atom is 0.142 e. The van der Waals surface area contributed by atoms with E-state index >= 15 is 0 Å². The quantitative estimate of drug-likeness (QED) is 0.799. The van der Waals surface area contributed by atoms with Crippen LogP contribution in [0.2, 0.25) is 0 Å². The van der Waals surface area contributed by atoms with Crippen LogP contribution in [-0.2, 0) is 6.54 Å². The predicted octanol–water partition coefficient (Wildman–Crippen LogP) is 3.06. The summed E-state index contributed by atoms with van der Waals surface area (Å²) in [7, 11) is 0. The number of rotatable bonds is 4. The van der Waals surface area contributed by atoms with E-state index in [4.69, 9.17) is 10.7 Å². The highest BCUT2D eigenvalue weighted by atomic mass is 15.1. The molecule has 0 radical (unpaired) electrons. The summed E-state index contributed by atoms with van der Waals surface area (Å²) in [5.74, 6) is 0.969. The number of nitrogens with two attached hydrogens (primary N) is 1. The van der Waals surface area contributed by atoms with Gasteiger partial charge in [0, 0.05) is 24.5 Å². The number of aromatic nitrogens is 3. The number of fused-ring (bicyclic) bond motifs is 1. The Bertz CT molecular complexity index is 759. The van der Waals surface area contributed by atoms with Crippen molar-refractivity contribution in [2.24, 2.45) is 5.73 Å². The van der Waals surface area contributed by atoms with Gasteiger partial charge in [0.1, 0.15) is 5.82 Å². The first-order valence-electron chi connectivity index (χ1n) is 7.28. The SMILES string of the molecule is Cc1cc2nc(-c3cccnc3)n(CCCN)c2cc1C. The van der Waals surface area contributed by atoms with E-state index in [1.165, 1.54) is 16.6 Å². The Morgan fingerprint density at radius 2 is 2.00 bits per heavy atom. The Morgan fingerprint density at radius 3 is 2.71 bits per heavy atom. The molecule has 0 atom stereocenters. The highest BCUT2D eigenvalue weighted by Crippen LogP contribution is 2.26. The maximum atomic E-state index is 5.69. The molecule has 108 valence electrons. The van der Waals surface area contributed by atoms with Crippen LogP contribution in [0, 0.1) is 13.8 Å². The molecule has 3 rings (SSSR count). The Balaban J connectivity index is 2.22. The third-order valence-electron chi connectivity index (χ3n) is 3.87. The molecular weight excluding hydrogens is 260 g/mol. The molecule has 2 heterocycles. The van der Waals surface area contributed by atoms with E-state index < -0.39 is 0 Å². The van der Waals surface area contributed by atoms with Crippen LogP contribution in [0.3, 0.4) is 0 Å². The average Bonchev–Trinajstić information content (AvgIpc) is 2.84. The fourth-order valence-electron chi connectivity index (χ4n) is 2.57. The van der Waals surface area contributed by atoms with Crippen LogP contribution in [-0.4, -0.2) is 21.1 Å². The summed E-state index contributed by atoms with van der Waals surface area (Å²) in [4.78, 5) is 9.03. The smallest absolute Gasteiger partial charge is 0.142 e. The van der Waals surface area contributed by atoms with E-state index in [9.17, 15) is 0 Å². The molecule has 0 saturated carbocycles. The van der Waals surface area contributed by atoms with Gasteiger partial charge in [-0.3, -0.25) is 4.98 Å². The number of hydrogen-bond donors (Lipinski definition) is 1. The van der Waals surface area contributed by atoms with Crippen LogP contribution >= 0.6 is 0 Å². The van der Waals surface area contributed by atoms with Gasteiger partial charge < -0.3 is 10.3 Å². The van der Waals surface area contributed by atoms with Gasteiger partial charge in [0.05, 0.1) is 11.0 Å². The van der Waals surface area contributed by atoms with Gasteiger partial charge in [-0.1, -0.05) is 0 Å². The number of imidazole rings is 1. The average molecular weight is 280 g/mol. The lowest BCUT2D eigenvalue weighted by molar-refractivity contribution is 0.671. The van der Waals surface area contributed by atoms with Gasteiger partial charge >= 0.3 is 0 Å². The molecule has 0 fully saturated rings. The lowest BCUT2D eigenvalue weighted by Crippen LogP contribution is -2.07. The normalized spacial score (nSPS) is 11.2. The van der Waals surface area contributed by atoms with Crippen LogP contribution < -0.4 is 5.73 Å². The van der Waals surface area contributed by atoms with Crippen molar-refractivity contribution in [3.05, 3.63) is 47.8 Å². The van der Waals surface area contributed by atoms with Gasteiger partial charge in [0.2, 0.25) is 0 Å². The van der Waals surface area contributed by atoms with Gasteiger partial charge in [-0.2, -0.15) is 0 Å². The van der Waals surface area contributed by atoms with Crippen molar-refractivity contribution in [3.8, 4) is 11.4 Å². The summed E-state index contributed by atoms with van der Waals surface area (Å²) in [6.07, 6.45) is 4.58. The number of benzene rings is 1. The van der Waals surface area contributed by atoms with Crippen molar-refractivity contribution in [2.45, 2.75) is 26.8 Å². The fourth-order valence-corrected chi connectivity index (χ4v) is 2.57. The Kier molecular flexibility index (Phi) is 3.71. The van der Waals surface area contributed by atoms with E-state index in [1.807, 2.05) is 18.3 Å². The minimum Gasteiger partial charge on any atom is -0.330 e. The molecule has 2 aromatic heterocycles. The largest absolute Gasteiger partial charge is 0.330 e. The Labute approximate surface area is 124 Å². The molecule has 0 aliphatic rings. The third kappa shape index (κ3) is 2.54. The van der Waals surface area contributed by atoms with E-state index in [2.05, 4.69) is 35.5 Å². The van der Waals surface area contributed by atoms with Crippen LogP contribution in [0.4, 0.5) is 0 Å². The molecule has 0 aliphatic heterocycles. The molecule has 4 nitrogen and oxygen atoms in total. The van der Waals surface area contributed by atoms with Gasteiger partial charge in [-0.15, -0.1) is 0 Å². The second kappa shape index (κ2) is 5.66. The molecule has 4 heteroatoms. The minimum absolute atomic E-state index is 0.678. The number of nitrogens with zero attached hydrogens (tertiary/aromatic N) is 3. The summed E-state index contributed by atoms with van der Waals surface area (Å²) < 4.78 is 2.26. The van der Waals surface area contributed by atoms with Crippen LogP contribution in [0.15, 0.2) is 36.7 Å². The molecule has 0 bridgehead atoms. The topological polar surface area (TPSA) is 56.7 Å². The van der Waals surface area contributed by atoms with E-state index in [-0.39, 0.29) is 0 Å². The lowest BCUT2D eigenvalue weighted by atomic mass is 10.1. The van der Waals surface area contributed by atoms with Crippen molar-refractivity contribution in [1.29, 1.82) is 0 Å². The Morgan fingerprint density at radius 1 is 1.19 bits per heavy atom. The van der Waals surface area contributed by atoms with Crippen LogP contribution in [0.1, 0.15) is 17.5 Å². The summed E-state index contributed by atoms with van der Waals surface area (Å²) in [6, 6.07) is 8.36. The third-order valence-corrected chi connectivity index (χ3v) is 3.87. The number of aryl methyl sites for hydroxylation is 3. The van der Waals surface area contributed by atoms with Crippen LogP contribution in [0.25, 0.3) is 22.4 Å². The van der Waals surface area contributed by atoms with Gasteiger partial charge in [-0.05, 0) is 62.2 Å². The summed E-state index contributed by atoms with van der Waals surface area (Å²) in [5, 5.41) is 0. The monoisotopic (exact) mass is 280 g/mol. The fraction of sp³-hybridized carbons (Fsp3) is 0.294. The van der Waals surface area contributed by atoms with E-state index in [0.717, 1.165) is 29.9 Å². The van der Waals surface area contributed by atoms with Crippen LogP contribution in [0.5, 0.6) is 0 Å². The zero-order valence-electron chi connectivity index (χ0n) is 12.5. The van der Waals surface area contributed by atoms with Gasteiger partial charge in [0.15, 0.2) is 0 Å². The second-order valence-corrected chi connectivity index (χ2v) is 5.40. The first-order valence-corrected chi connectivity index (χ1v) is 7.28. The Hall–Kier alpha value is -2.20. The highest BCUT2D eigenvalue weighted by Gasteiger charge is 2.13. The van der Waals surface area contributed by atoms with E-state index in [0.29, 0.717) is 6.54 Å². The number of pyridine rings is 1. The molecule has 2 N–H and O–H groups in total. The summed E-state index contributed by atoms with van der Waals surface area (Å²) in [6.45, 7) is 5.81. The molecule has 0 unspecified atom stereocenters. The first kappa shape index (κ1) is 13.8. The zero-order valence-corrected chi connectivity index (χ0v) is 12.5. The van der Waals surface area contributed by atoms with Crippen molar-refractivity contribution in [2.75, 3.05) is 6.54 Å². The molecule has 0 saturated heterocycles. The second-order valence-electron chi connectivity index (χ2n) is 5.40. The first-order chi connectivity index (χ1) is 10.2. The minimum atomic E-state index is 0.678. The molecule has 0 aliphatic carbocycles. The lowest BCUT2D eigenvalue weighted by Gasteiger charge is -2.09. The molecule has 21 heavy (non-hydrogen) atoms. The molecule has 0 amide bonds. The van der Waals surface area contributed by atoms with Crippen molar-refractivity contribution >= 4 is 11.0 Å². The molecule has 1 aromatic carbocycles. The van der Waals surface area contributed by atoms with Crippen molar-refractivity contribution in [1.82, 2.24) is 14.5 Å². The molecule has 3 aromatic rings. The van der Waals surface area contributed by atoms with Crippen molar-refractivity contribution in [3.63, 3.8) is 0 Å². The molecular formula is C17H20N4. The maximum absolute atomic E-state index is 5.69. The predicted molar refractivity (Wildman–Crippen MR) is 86.1 cm³/mol. The number of hydrogen-bond acceptors (Lipinski definition) is 3. The standard InChI is InChI=1S/C17H20N4/c1-12-9-15-16(10-13(12)2)21(8-4-6-18)17(20-15)14-5-3-7-19-11-14/h3,5,7,9-11H,4,6,8,18H2,1-2H3. The summed E-state index contributed by atoms with van der Waals surface area (Å²) >= 11 is 0.